The first-order valence-corrected chi connectivity index (χ1v) is 7.45. The van der Waals surface area contributed by atoms with Crippen molar-refractivity contribution in [3.63, 3.8) is 0 Å². The van der Waals surface area contributed by atoms with Gasteiger partial charge in [0.25, 0.3) is 5.69 Å². The van der Waals surface area contributed by atoms with Crippen LogP contribution in [0.5, 0.6) is 0 Å². The molecule has 0 spiro atoms. The van der Waals surface area contributed by atoms with Crippen LogP contribution in [0.25, 0.3) is 0 Å². The van der Waals surface area contributed by atoms with Gasteiger partial charge in [0.05, 0.1) is 17.4 Å². The fourth-order valence-electron chi connectivity index (χ4n) is 2.31. The molecule has 0 saturated carbocycles. The maximum absolute atomic E-state index is 12.2. The van der Waals surface area contributed by atoms with Gasteiger partial charge in [0.2, 0.25) is 5.91 Å². The lowest BCUT2D eigenvalue weighted by Gasteiger charge is -2.17. The molecule has 0 fully saturated rings. The van der Waals surface area contributed by atoms with E-state index in [1.54, 1.807) is 18.3 Å². The SMILES string of the molecule is CC[C@H](NC(=O)Cc1ccc(C)nc1)c1cccc([N+](=O)[O-])c1. The minimum atomic E-state index is -0.435. The summed E-state index contributed by atoms with van der Waals surface area (Å²) in [6.07, 6.45) is 2.57. The highest BCUT2D eigenvalue weighted by Gasteiger charge is 2.16. The first-order valence-electron chi connectivity index (χ1n) is 7.45. The number of nitro benzene ring substituents is 1. The number of aryl methyl sites for hydroxylation is 1. The predicted molar refractivity (Wildman–Crippen MR) is 86.9 cm³/mol. The number of nitrogens with one attached hydrogen (secondary N) is 1. The Kier molecular flexibility index (Phi) is 5.41. The summed E-state index contributed by atoms with van der Waals surface area (Å²) in [5, 5.41) is 13.8. The number of rotatable bonds is 6. The van der Waals surface area contributed by atoms with Crippen molar-refractivity contribution >= 4 is 11.6 Å². The molecule has 0 radical (unpaired) electrons. The van der Waals surface area contributed by atoms with Crippen molar-refractivity contribution in [2.75, 3.05) is 0 Å². The first-order chi connectivity index (χ1) is 11.0. The lowest BCUT2D eigenvalue weighted by Crippen LogP contribution is -2.29. The van der Waals surface area contributed by atoms with Crippen LogP contribution in [0.4, 0.5) is 5.69 Å². The van der Waals surface area contributed by atoms with Crippen molar-refractivity contribution in [1.82, 2.24) is 10.3 Å². The zero-order valence-electron chi connectivity index (χ0n) is 13.2. The van der Waals surface area contributed by atoms with E-state index in [1.807, 2.05) is 26.0 Å². The van der Waals surface area contributed by atoms with Crippen molar-refractivity contribution < 1.29 is 9.72 Å². The van der Waals surface area contributed by atoms with Crippen molar-refractivity contribution in [3.05, 3.63) is 69.5 Å². The monoisotopic (exact) mass is 313 g/mol. The van der Waals surface area contributed by atoms with Gasteiger partial charge in [-0.25, -0.2) is 0 Å². The van der Waals surface area contributed by atoms with E-state index in [-0.39, 0.29) is 24.1 Å². The van der Waals surface area contributed by atoms with Gasteiger partial charge in [0, 0.05) is 24.0 Å². The zero-order chi connectivity index (χ0) is 16.8. The molecule has 1 N–H and O–H groups in total. The number of hydrogen-bond donors (Lipinski definition) is 1. The summed E-state index contributed by atoms with van der Waals surface area (Å²) < 4.78 is 0. The van der Waals surface area contributed by atoms with Crippen LogP contribution in [0.1, 0.15) is 36.2 Å². The molecule has 0 bridgehead atoms. The Morgan fingerprint density at radius 3 is 2.74 bits per heavy atom. The van der Waals surface area contributed by atoms with Crippen molar-refractivity contribution in [3.8, 4) is 0 Å². The van der Waals surface area contributed by atoms with E-state index in [9.17, 15) is 14.9 Å². The van der Waals surface area contributed by atoms with Crippen LogP contribution in [-0.2, 0) is 11.2 Å². The molecule has 1 aromatic heterocycles. The molecule has 6 heteroatoms. The molecular formula is C17H19N3O3. The Bertz CT molecular complexity index is 698. The summed E-state index contributed by atoms with van der Waals surface area (Å²) in [6.45, 7) is 3.82. The summed E-state index contributed by atoms with van der Waals surface area (Å²) in [5.74, 6) is -0.131. The van der Waals surface area contributed by atoms with Crippen LogP contribution in [0.2, 0.25) is 0 Å². The van der Waals surface area contributed by atoms with Crippen LogP contribution in [-0.4, -0.2) is 15.8 Å². The topological polar surface area (TPSA) is 85.1 Å². The van der Waals surface area contributed by atoms with Gasteiger partial charge in [-0.2, -0.15) is 0 Å². The number of carbonyl (C=O) groups excluding carboxylic acids is 1. The van der Waals surface area contributed by atoms with Gasteiger partial charge < -0.3 is 5.32 Å². The molecule has 1 atom stereocenters. The normalized spacial score (nSPS) is 11.7. The number of nitrogens with zero attached hydrogens (tertiary/aromatic N) is 2. The third-order valence-corrected chi connectivity index (χ3v) is 3.56. The Morgan fingerprint density at radius 1 is 1.35 bits per heavy atom. The molecule has 6 nitrogen and oxygen atoms in total. The highest BCUT2D eigenvalue weighted by molar-refractivity contribution is 5.79. The van der Waals surface area contributed by atoms with E-state index in [4.69, 9.17) is 0 Å². The number of amides is 1. The second kappa shape index (κ2) is 7.49. The Morgan fingerprint density at radius 2 is 2.13 bits per heavy atom. The van der Waals surface area contributed by atoms with Gasteiger partial charge in [-0.15, -0.1) is 0 Å². The van der Waals surface area contributed by atoms with E-state index in [0.717, 1.165) is 16.8 Å². The van der Waals surface area contributed by atoms with E-state index in [0.29, 0.717) is 6.42 Å². The average molecular weight is 313 g/mol. The molecule has 0 unspecified atom stereocenters. The summed E-state index contributed by atoms with van der Waals surface area (Å²) in [6, 6.07) is 9.84. The number of pyridine rings is 1. The molecular weight excluding hydrogens is 294 g/mol. The van der Waals surface area contributed by atoms with E-state index < -0.39 is 4.92 Å². The molecule has 23 heavy (non-hydrogen) atoms. The van der Waals surface area contributed by atoms with Crippen LogP contribution >= 0.6 is 0 Å². The maximum atomic E-state index is 12.2. The molecule has 2 aromatic rings. The number of nitro groups is 1. The van der Waals surface area contributed by atoms with Crippen molar-refractivity contribution in [2.24, 2.45) is 0 Å². The largest absolute Gasteiger partial charge is 0.349 e. The molecule has 2 rings (SSSR count). The van der Waals surface area contributed by atoms with E-state index >= 15 is 0 Å². The minimum Gasteiger partial charge on any atom is -0.349 e. The predicted octanol–water partition coefficient (Wildman–Crippen LogP) is 3.11. The lowest BCUT2D eigenvalue weighted by molar-refractivity contribution is -0.384. The lowest BCUT2D eigenvalue weighted by atomic mass is 10.0. The molecule has 0 aliphatic heterocycles. The Labute approximate surface area is 134 Å². The molecule has 120 valence electrons. The van der Waals surface area contributed by atoms with Gasteiger partial charge >= 0.3 is 0 Å². The summed E-state index contributed by atoms with van der Waals surface area (Å²) in [7, 11) is 0. The van der Waals surface area contributed by atoms with Crippen LogP contribution in [0, 0.1) is 17.0 Å². The van der Waals surface area contributed by atoms with Gasteiger partial charge in [-0.05, 0) is 30.5 Å². The second-order valence-electron chi connectivity index (χ2n) is 5.37. The molecule has 0 aliphatic rings. The molecule has 1 amide bonds. The smallest absolute Gasteiger partial charge is 0.269 e. The Balaban J connectivity index is 2.06. The maximum Gasteiger partial charge on any atom is 0.269 e. The third-order valence-electron chi connectivity index (χ3n) is 3.56. The summed E-state index contributed by atoms with van der Waals surface area (Å²) >= 11 is 0. The quantitative estimate of drug-likeness (QED) is 0.656. The van der Waals surface area contributed by atoms with Crippen molar-refractivity contribution in [2.45, 2.75) is 32.7 Å². The number of benzene rings is 1. The number of aromatic nitrogens is 1. The highest BCUT2D eigenvalue weighted by atomic mass is 16.6. The van der Waals surface area contributed by atoms with Gasteiger partial charge in [-0.1, -0.05) is 25.1 Å². The fourth-order valence-corrected chi connectivity index (χ4v) is 2.31. The third kappa shape index (κ3) is 4.60. The summed E-state index contributed by atoms with van der Waals surface area (Å²) in [4.78, 5) is 26.8. The van der Waals surface area contributed by atoms with Crippen LogP contribution in [0.3, 0.4) is 0 Å². The van der Waals surface area contributed by atoms with Crippen LogP contribution < -0.4 is 5.32 Å². The molecule has 1 aromatic carbocycles. The van der Waals surface area contributed by atoms with E-state index in [2.05, 4.69) is 10.3 Å². The van der Waals surface area contributed by atoms with Gasteiger partial charge in [0.1, 0.15) is 0 Å². The zero-order valence-corrected chi connectivity index (χ0v) is 13.2. The Hall–Kier alpha value is -2.76. The van der Waals surface area contributed by atoms with Crippen LogP contribution in [0.15, 0.2) is 42.6 Å². The first kappa shape index (κ1) is 16.6. The standard InChI is InChI=1S/C17H19N3O3/c1-3-16(14-5-4-6-15(10-14)20(22)23)19-17(21)9-13-8-7-12(2)18-11-13/h4-8,10-11,16H,3,9H2,1-2H3,(H,19,21)/t16-/m0/s1. The highest BCUT2D eigenvalue weighted by Crippen LogP contribution is 2.21. The minimum absolute atomic E-state index is 0.0259. The average Bonchev–Trinajstić information content (AvgIpc) is 2.55. The molecule has 1 heterocycles. The summed E-state index contributed by atoms with van der Waals surface area (Å²) in [5.41, 5.74) is 2.49. The number of non-ortho nitro benzene ring substituents is 1. The van der Waals surface area contributed by atoms with E-state index in [1.165, 1.54) is 12.1 Å². The fraction of sp³-hybridized carbons (Fsp3) is 0.294. The van der Waals surface area contributed by atoms with Gasteiger partial charge in [-0.3, -0.25) is 19.9 Å². The van der Waals surface area contributed by atoms with Gasteiger partial charge in [0.15, 0.2) is 0 Å². The molecule has 0 aliphatic carbocycles. The molecule has 0 saturated heterocycles. The second-order valence-corrected chi connectivity index (χ2v) is 5.37. The number of hydrogen-bond acceptors (Lipinski definition) is 4. The number of carbonyl (C=O) groups is 1. The van der Waals surface area contributed by atoms with Crippen molar-refractivity contribution in [1.29, 1.82) is 0 Å².